The number of ether oxygens (including phenoxy) is 1. The van der Waals surface area contributed by atoms with E-state index in [1.165, 1.54) is 6.07 Å². The number of carbonyl (C=O) groups is 1. The maximum Gasteiger partial charge on any atom is 0.407 e. The van der Waals surface area contributed by atoms with Crippen LogP contribution >= 0.6 is 11.6 Å². The number of nitrogens with one attached hydrogen (secondary N) is 2. The third-order valence-electron chi connectivity index (χ3n) is 2.57. The third kappa shape index (κ3) is 7.29. The maximum atomic E-state index is 13.6. The van der Waals surface area contributed by atoms with Gasteiger partial charge in [-0.1, -0.05) is 23.7 Å². The molecule has 21 heavy (non-hydrogen) atoms. The van der Waals surface area contributed by atoms with E-state index in [4.69, 9.17) is 16.3 Å². The summed E-state index contributed by atoms with van der Waals surface area (Å²) in [5, 5.41) is 5.90. The van der Waals surface area contributed by atoms with Gasteiger partial charge in [-0.25, -0.2) is 9.18 Å². The van der Waals surface area contributed by atoms with Crippen molar-refractivity contribution >= 4 is 17.7 Å². The Hall–Kier alpha value is -1.33. The fourth-order valence-electron chi connectivity index (χ4n) is 1.66. The Labute approximate surface area is 130 Å². The highest BCUT2D eigenvalue weighted by molar-refractivity contribution is 6.30. The van der Waals surface area contributed by atoms with Crippen molar-refractivity contribution in [1.82, 2.24) is 10.6 Å². The quantitative estimate of drug-likeness (QED) is 0.793. The minimum atomic E-state index is -0.498. The van der Waals surface area contributed by atoms with Crippen LogP contribution in [-0.4, -0.2) is 31.3 Å². The molecule has 0 saturated carbocycles. The van der Waals surface area contributed by atoms with Gasteiger partial charge in [0.15, 0.2) is 0 Å². The van der Waals surface area contributed by atoms with Gasteiger partial charge in [0.25, 0.3) is 0 Å². The van der Waals surface area contributed by atoms with Gasteiger partial charge in [0.05, 0.1) is 5.02 Å². The van der Waals surface area contributed by atoms with Crippen LogP contribution < -0.4 is 10.6 Å². The van der Waals surface area contributed by atoms with E-state index < -0.39 is 11.7 Å². The molecule has 1 amide bonds. The average Bonchev–Trinajstić information content (AvgIpc) is 2.36. The lowest BCUT2D eigenvalue weighted by atomic mass is 10.1. The first-order valence-corrected chi connectivity index (χ1v) is 7.28. The summed E-state index contributed by atoms with van der Waals surface area (Å²) in [6.45, 7) is 7.07. The van der Waals surface area contributed by atoms with Crippen LogP contribution in [0.4, 0.5) is 9.18 Å². The molecule has 0 atom stereocenters. The fourth-order valence-corrected chi connectivity index (χ4v) is 1.85. The van der Waals surface area contributed by atoms with E-state index in [9.17, 15) is 9.18 Å². The molecule has 0 fully saturated rings. The smallest absolute Gasteiger partial charge is 0.407 e. The van der Waals surface area contributed by atoms with Gasteiger partial charge in [-0.15, -0.1) is 0 Å². The first kappa shape index (κ1) is 17.7. The van der Waals surface area contributed by atoms with Crippen LogP contribution in [0.15, 0.2) is 18.2 Å². The molecule has 0 saturated heterocycles. The molecule has 4 nitrogen and oxygen atoms in total. The minimum absolute atomic E-state index is 0.138. The monoisotopic (exact) mass is 316 g/mol. The maximum absolute atomic E-state index is 13.6. The number of alkyl carbamates (subject to hydrolysis) is 1. The van der Waals surface area contributed by atoms with Crippen LogP contribution in [0.3, 0.4) is 0 Å². The van der Waals surface area contributed by atoms with Crippen molar-refractivity contribution in [2.75, 3.05) is 19.6 Å². The van der Waals surface area contributed by atoms with E-state index in [0.29, 0.717) is 31.6 Å². The zero-order valence-electron chi connectivity index (χ0n) is 12.6. The van der Waals surface area contributed by atoms with Crippen LogP contribution in [-0.2, 0) is 11.2 Å². The van der Waals surface area contributed by atoms with E-state index in [2.05, 4.69) is 10.6 Å². The Morgan fingerprint density at radius 3 is 2.67 bits per heavy atom. The molecule has 0 aliphatic carbocycles. The normalized spacial score (nSPS) is 11.3. The molecule has 0 bridgehead atoms. The molecule has 0 spiro atoms. The zero-order chi connectivity index (χ0) is 15.9. The van der Waals surface area contributed by atoms with Crippen molar-refractivity contribution in [3.05, 3.63) is 34.6 Å². The molecule has 2 N–H and O–H groups in total. The Bertz CT molecular complexity index is 475. The van der Waals surface area contributed by atoms with Crippen molar-refractivity contribution in [3.8, 4) is 0 Å². The number of hydrogen-bond donors (Lipinski definition) is 2. The molecule has 6 heteroatoms. The second-order valence-corrected chi connectivity index (χ2v) is 6.05. The molecule has 1 rings (SSSR count). The highest BCUT2D eigenvalue weighted by Crippen LogP contribution is 2.17. The van der Waals surface area contributed by atoms with E-state index >= 15 is 0 Å². The first-order chi connectivity index (χ1) is 9.79. The van der Waals surface area contributed by atoms with Crippen molar-refractivity contribution in [1.29, 1.82) is 0 Å². The highest BCUT2D eigenvalue weighted by Gasteiger charge is 2.15. The first-order valence-electron chi connectivity index (χ1n) is 6.90. The molecule has 0 unspecified atom stereocenters. The second kappa shape index (κ2) is 8.20. The van der Waals surface area contributed by atoms with Crippen molar-refractivity contribution in [2.45, 2.75) is 32.8 Å². The molecule has 0 aliphatic rings. The largest absolute Gasteiger partial charge is 0.444 e. The van der Waals surface area contributed by atoms with Gasteiger partial charge >= 0.3 is 6.09 Å². The van der Waals surface area contributed by atoms with Crippen LogP contribution in [0, 0.1) is 5.82 Å². The van der Waals surface area contributed by atoms with E-state index in [1.807, 2.05) is 20.8 Å². The lowest BCUT2D eigenvalue weighted by molar-refractivity contribution is 0.0528. The molecular formula is C15H22ClFN2O2. The van der Waals surface area contributed by atoms with E-state index in [1.54, 1.807) is 12.1 Å². The Morgan fingerprint density at radius 1 is 1.29 bits per heavy atom. The lowest BCUT2D eigenvalue weighted by Gasteiger charge is -2.19. The van der Waals surface area contributed by atoms with Crippen LogP contribution in [0.1, 0.15) is 26.3 Å². The topological polar surface area (TPSA) is 50.4 Å². The molecule has 0 aromatic heterocycles. The van der Waals surface area contributed by atoms with Crippen LogP contribution in [0.25, 0.3) is 0 Å². The SMILES string of the molecule is CC(C)(C)OC(=O)NCCNCCc1cccc(Cl)c1F. The number of hydrogen-bond acceptors (Lipinski definition) is 3. The summed E-state index contributed by atoms with van der Waals surface area (Å²) in [5.74, 6) is -0.368. The summed E-state index contributed by atoms with van der Waals surface area (Å²) in [6, 6.07) is 4.96. The van der Waals surface area contributed by atoms with Gasteiger partial charge in [-0.05, 0) is 45.4 Å². The molecule has 0 heterocycles. The average molecular weight is 317 g/mol. The summed E-state index contributed by atoms with van der Waals surface area (Å²) < 4.78 is 18.7. The van der Waals surface area contributed by atoms with E-state index in [-0.39, 0.29) is 10.8 Å². The summed E-state index contributed by atoms with van der Waals surface area (Å²) in [5.41, 5.74) is 0.0804. The van der Waals surface area contributed by atoms with Crippen molar-refractivity contribution in [3.63, 3.8) is 0 Å². The number of benzene rings is 1. The summed E-state index contributed by atoms with van der Waals surface area (Å²) in [6.07, 6.45) is 0.101. The van der Waals surface area contributed by atoms with Gasteiger partial charge < -0.3 is 15.4 Å². The summed E-state index contributed by atoms with van der Waals surface area (Å²) in [4.78, 5) is 11.4. The van der Waals surface area contributed by atoms with Gasteiger partial charge in [0, 0.05) is 13.1 Å². The predicted octanol–water partition coefficient (Wildman–Crippen LogP) is 3.14. The lowest BCUT2D eigenvalue weighted by Crippen LogP contribution is -2.36. The van der Waals surface area contributed by atoms with Crippen LogP contribution in [0.5, 0.6) is 0 Å². The zero-order valence-corrected chi connectivity index (χ0v) is 13.4. The van der Waals surface area contributed by atoms with Crippen LogP contribution in [0.2, 0.25) is 5.02 Å². The molecule has 1 aromatic carbocycles. The van der Waals surface area contributed by atoms with Crippen molar-refractivity contribution in [2.24, 2.45) is 0 Å². The summed E-state index contributed by atoms with van der Waals surface area (Å²) in [7, 11) is 0. The highest BCUT2D eigenvalue weighted by atomic mass is 35.5. The molecule has 0 radical (unpaired) electrons. The van der Waals surface area contributed by atoms with Crippen molar-refractivity contribution < 1.29 is 13.9 Å². The van der Waals surface area contributed by atoms with E-state index in [0.717, 1.165) is 0 Å². The number of rotatable bonds is 6. The number of carbonyl (C=O) groups excluding carboxylic acids is 1. The standard InChI is InChI=1S/C15H22ClFN2O2/c1-15(2,3)21-14(20)19-10-9-18-8-7-11-5-4-6-12(16)13(11)17/h4-6,18H,7-10H2,1-3H3,(H,19,20). The molecule has 118 valence electrons. The Morgan fingerprint density at radius 2 is 2.00 bits per heavy atom. The van der Waals surface area contributed by atoms with Gasteiger partial charge in [-0.2, -0.15) is 0 Å². The predicted molar refractivity (Wildman–Crippen MR) is 82.2 cm³/mol. The fraction of sp³-hybridized carbons (Fsp3) is 0.533. The van der Waals surface area contributed by atoms with Gasteiger partial charge in [0.1, 0.15) is 11.4 Å². The molecule has 0 aliphatic heterocycles. The number of halogens is 2. The summed E-state index contributed by atoms with van der Waals surface area (Å²) >= 11 is 5.71. The minimum Gasteiger partial charge on any atom is -0.444 e. The van der Waals surface area contributed by atoms with Gasteiger partial charge in [0.2, 0.25) is 0 Å². The van der Waals surface area contributed by atoms with Gasteiger partial charge in [-0.3, -0.25) is 0 Å². The Kier molecular flexibility index (Phi) is 6.92. The third-order valence-corrected chi connectivity index (χ3v) is 2.86. The molecule has 1 aromatic rings. The Balaban J connectivity index is 2.15. The number of amides is 1. The second-order valence-electron chi connectivity index (χ2n) is 5.64. The molecular weight excluding hydrogens is 295 g/mol.